The van der Waals surface area contributed by atoms with Crippen LogP contribution in [-0.2, 0) is 9.63 Å². The molecule has 0 aromatic heterocycles. The summed E-state index contributed by atoms with van der Waals surface area (Å²) in [6, 6.07) is 14.5. The summed E-state index contributed by atoms with van der Waals surface area (Å²) in [7, 11) is 1.60. The number of hydrazine groups is 1. The lowest BCUT2D eigenvalue weighted by molar-refractivity contribution is -0.140. The van der Waals surface area contributed by atoms with Crippen LogP contribution in [0.15, 0.2) is 70.2 Å². The second-order valence-corrected chi connectivity index (χ2v) is 6.23. The largest absolute Gasteiger partial charge is 0.497 e. The minimum atomic E-state index is -0.494. The monoisotopic (exact) mass is 370 g/mol. The van der Waals surface area contributed by atoms with Crippen molar-refractivity contribution in [1.29, 1.82) is 0 Å². The molecule has 2 aliphatic heterocycles. The number of ether oxygens (including phenoxy) is 1. The van der Waals surface area contributed by atoms with Crippen molar-refractivity contribution in [3.05, 3.63) is 70.5 Å². The topological polar surface area (TPSA) is 75.5 Å². The zero-order valence-electron chi connectivity index (χ0n) is 13.8. The number of hydrogen-bond donors (Lipinski definition) is 1. The SMILES string of the molecule is COc1ccc(N2NOC(=O)C2=C2CC(c3ccc(Cl)cc3)N=N2)cc1. The number of carbonyl (C=O) groups excluding carboxylic acids is 1. The third-order valence-electron chi connectivity index (χ3n) is 4.21. The molecule has 1 N–H and O–H groups in total. The van der Waals surface area contributed by atoms with Gasteiger partial charge in [-0.1, -0.05) is 29.3 Å². The van der Waals surface area contributed by atoms with Gasteiger partial charge in [0.05, 0.1) is 18.5 Å². The van der Waals surface area contributed by atoms with Gasteiger partial charge < -0.3 is 9.57 Å². The number of nitrogens with one attached hydrogen (secondary N) is 1. The van der Waals surface area contributed by atoms with E-state index >= 15 is 0 Å². The van der Waals surface area contributed by atoms with Crippen LogP contribution in [0, 0.1) is 0 Å². The molecule has 0 aliphatic carbocycles. The molecule has 2 heterocycles. The quantitative estimate of drug-likeness (QED) is 0.828. The Balaban J connectivity index is 1.62. The highest BCUT2D eigenvalue weighted by Crippen LogP contribution is 2.37. The highest BCUT2D eigenvalue weighted by atomic mass is 35.5. The zero-order chi connectivity index (χ0) is 18.1. The normalized spacial score (nSPS) is 22.0. The van der Waals surface area contributed by atoms with E-state index in [9.17, 15) is 4.79 Å². The third kappa shape index (κ3) is 3.02. The van der Waals surface area contributed by atoms with Gasteiger partial charge in [-0.3, -0.25) is 0 Å². The average Bonchev–Trinajstić information content (AvgIpc) is 3.29. The molecule has 26 heavy (non-hydrogen) atoms. The molecule has 4 rings (SSSR count). The fourth-order valence-corrected chi connectivity index (χ4v) is 2.98. The van der Waals surface area contributed by atoms with Gasteiger partial charge in [0.2, 0.25) is 0 Å². The summed E-state index contributed by atoms with van der Waals surface area (Å²) in [6.45, 7) is 0. The van der Waals surface area contributed by atoms with Crippen molar-refractivity contribution in [2.45, 2.75) is 12.5 Å². The summed E-state index contributed by atoms with van der Waals surface area (Å²) < 4.78 is 5.16. The Kier molecular flexibility index (Phi) is 4.32. The molecule has 0 radical (unpaired) electrons. The Labute approximate surface area is 154 Å². The van der Waals surface area contributed by atoms with Gasteiger partial charge in [0.15, 0.2) is 5.70 Å². The molecule has 2 aliphatic rings. The van der Waals surface area contributed by atoms with Crippen LogP contribution in [0.1, 0.15) is 18.0 Å². The van der Waals surface area contributed by atoms with Gasteiger partial charge in [-0.15, -0.1) is 0 Å². The molecule has 0 bridgehead atoms. The molecule has 1 saturated heterocycles. The van der Waals surface area contributed by atoms with Gasteiger partial charge in [-0.2, -0.15) is 10.2 Å². The Morgan fingerprint density at radius 1 is 1.19 bits per heavy atom. The van der Waals surface area contributed by atoms with Crippen molar-refractivity contribution in [1.82, 2.24) is 5.59 Å². The molecule has 1 fully saturated rings. The number of benzene rings is 2. The van der Waals surface area contributed by atoms with Crippen LogP contribution in [0.5, 0.6) is 5.75 Å². The molecular formula is C18H15ClN4O3. The number of hydrogen-bond acceptors (Lipinski definition) is 7. The van der Waals surface area contributed by atoms with Crippen molar-refractivity contribution in [2.75, 3.05) is 12.1 Å². The first-order valence-corrected chi connectivity index (χ1v) is 8.34. The predicted octanol–water partition coefficient (Wildman–Crippen LogP) is 3.94. The standard InChI is InChI=1S/C18H15ClN4O3/c1-25-14-8-6-13(7-9-14)23-17(18(24)26-22-23)16-10-15(20-21-16)11-2-4-12(19)5-3-11/h2-9,15,22H,10H2,1H3. The lowest BCUT2D eigenvalue weighted by atomic mass is 10.0. The van der Waals surface area contributed by atoms with E-state index in [1.165, 1.54) is 0 Å². The van der Waals surface area contributed by atoms with E-state index < -0.39 is 5.97 Å². The highest BCUT2D eigenvalue weighted by Gasteiger charge is 2.35. The van der Waals surface area contributed by atoms with E-state index in [1.54, 1.807) is 24.3 Å². The summed E-state index contributed by atoms with van der Waals surface area (Å²) in [5.74, 6) is 0.226. The third-order valence-corrected chi connectivity index (χ3v) is 4.46. The molecule has 132 valence electrons. The fourth-order valence-electron chi connectivity index (χ4n) is 2.85. The first-order chi connectivity index (χ1) is 12.7. The maximum Gasteiger partial charge on any atom is 0.378 e. The van der Waals surface area contributed by atoms with Crippen molar-refractivity contribution in [2.24, 2.45) is 10.2 Å². The van der Waals surface area contributed by atoms with Crippen LogP contribution in [-0.4, -0.2) is 13.1 Å². The van der Waals surface area contributed by atoms with Crippen LogP contribution in [0.2, 0.25) is 5.02 Å². The van der Waals surface area contributed by atoms with Gasteiger partial charge in [0.25, 0.3) is 0 Å². The Morgan fingerprint density at radius 2 is 1.92 bits per heavy atom. The predicted molar refractivity (Wildman–Crippen MR) is 95.4 cm³/mol. The second kappa shape index (κ2) is 6.78. The van der Waals surface area contributed by atoms with Gasteiger partial charge in [0.1, 0.15) is 11.8 Å². The van der Waals surface area contributed by atoms with Gasteiger partial charge in [-0.25, -0.2) is 9.80 Å². The second-order valence-electron chi connectivity index (χ2n) is 5.80. The summed E-state index contributed by atoms with van der Waals surface area (Å²) in [5, 5.41) is 10.7. The van der Waals surface area contributed by atoms with Crippen LogP contribution in [0.3, 0.4) is 0 Å². The van der Waals surface area contributed by atoms with Gasteiger partial charge in [-0.05, 0) is 42.0 Å². The number of rotatable bonds is 3. The van der Waals surface area contributed by atoms with E-state index in [0.29, 0.717) is 22.8 Å². The Morgan fingerprint density at radius 3 is 2.62 bits per heavy atom. The average molecular weight is 371 g/mol. The number of carbonyl (C=O) groups is 1. The van der Waals surface area contributed by atoms with Crippen molar-refractivity contribution in [3.63, 3.8) is 0 Å². The Bertz CT molecular complexity index is 894. The van der Waals surface area contributed by atoms with Crippen molar-refractivity contribution < 1.29 is 14.4 Å². The van der Waals surface area contributed by atoms with Crippen molar-refractivity contribution in [3.8, 4) is 5.75 Å². The maximum absolute atomic E-state index is 12.2. The first kappa shape index (κ1) is 16.6. The van der Waals surface area contributed by atoms with Crippen LogP contribution < -0.4 is 15.3 Å². The number of anilines is 1. The smallest absolute Gasteiger partial charge is 0.378 e. The highest BCUT2D eigenvalue weighted by molar-refractivity contribution is 6.30. The minimum Gasteiger partial charge on any atom is -0.497 e. The summed E-state index contributed by atoms with van der Waals surface area (Å²) in [5.41, 5.74) is 5.23. The van der Waals surface area contributed by atoms with Crippen LogP contribution in [0.4, 0.5) is 5.69 Å². The maximum atomic E-state index is 12.2. The van der Waals surface area contributed by atoms with E-state index in [1.807, 2.05) is 36.4 Å². The number of azo groups is 1. The fraction of sp³-hybridized carbons (Fsp3) is 0.167. The molecule has 7 nitrogen and oxygen atoms in total. The van der Waals surface area contributed by atoms with E-state index in [0.717, 1.165) is 17.0 Å². The summed E-state index contributed by atoms with van der Waals surface area (Å²) in [6.07, 6.45) is 0.500. The molecular weight excluding hydrogens is 356 g/mol. The number of methoxy groups -OCH3 is 1. The lowest BCUT2D eigenvalue weighted by Crippen LogP contribution is -2.29. The van der Waals surface area contributed by atoms with E-state index in [-0.39, 0.29) is 6.04 Å². The minimum absolute atomic E-state index is 0.152. The molecule has 1 unspecified atom stereocenters. The van der Waals surface area contributed by atoms with Gasteiger partial charge >= 0.3 is 5.97 Å². The van der Waals surface area contributed by atoms with E-state index in [2.05, 4.69) is 15.8 Å². The molecule has 0 spiro atoms. The molecule has 1 atom stereocenters. The molecule has 2 aromatic rings. The molecule has 8 heteroatoms. The van der Waals surface area contributed by atoms with Gasteiger partial charge in [0, 0.05) is 11.4 Å². The van der Waals surface area contributed by atoms with Crippen LogP contribution in [0.25, 0.3) is 0 Å². The molecule has 0 amide bonds. The first-order valence-electron chi connectivity index (χ1n) is 7.96. The zero-order valence-corrected chi connectivity index (χ0v) is 14.6. The number of halogens is 1. The lowest BCUT2D eigenvalue weighted by Gasteiger charge is -2.16. The van der Waals surface area contributed by atoms with Crippen molar-refractivity contribution >= 4 is 23.3 Å². The molecule has 2 aromatic carbocycles. The van der Waals surface area contributed by atoms with E-state index in [4.69, 9.17) is 21.2 Å². The summed E-state index contributed by atoms with van der Waals surface area (Å²) >= 11 is 5.93. The number of nitrogens with zero attached hydrogens (tertiary/aromatic N) is 3. The van der Waals surface area contributed by atoms with Crippen LogP contribution >= 0.6 is 11.6 Å². The molecule has 0 saturated carbocycles. The Hall–Kier alpha value is -2.90. The summed E-state index contributed by atoms with van der Waals surface area (Å²) in [4.78, 5) is 17.2.